The van der Waals surface area contributed by atoms with Crippen LogP contribution in [0.1, 0.15) is 25.8 Å². The van der Waals surface area contributed by atoms with Gasteiger partial charge in [0.15, 0.2) is 0 Å². The highest BCUT2D eigenvalue weighted by Crippen LogP contribution is 2.11. The highest BCUT2D eigenvalue weighted by molar-refractivity contribution is 5.27. The molecule has 17 heavy (non-hydrogen) atoms. The van der Waals surface area contributed by atoms with Crippen molar-refractivity contribution in [3.05, 3.63) is 29.8 Å². The topological polar surface area (TPSA) is 38.5 Å². The first kappa shape index (κ1) is 14.0. The van der Waals surface area contributed by atoms with Crippen LogP contribution < -0.4 is 10.5 Å². The van der Waals surface area contributed by atoms with E-state index in [9.17, 15) is 0 Å². The molecule has 0 aliphatic carbocycles. The third-order valence-electron chi connectivity index (χ3n) is 2.82. The maximum Gasteiger partial charge on any atom is 0.119 e. The number of hydrogen-bond donors (Lipinski definition) is 1. The third kappa shape index (κ3) is 5.20. The lowest BCUT2D eigenvalue weighted by molar-refractivity contribution is 0.216. The minimum atomic E-state index is 0.584. The van der Waals surface area contributed by atoms with E-state index in [-0.39, 0.29) is 0 Å². The normalized spacial score (nSPS) is 10.8. The molecule has 0 saturated heterocycles. The Labute approximate surface area is 105 Å². The van der Waals surface area contributed by atoms with Gasteiger partial charge < -0.3 is 15.4 Å². The summed E-state index contributed by atoms with van der Waals surface area (Å²) in [4.78, 5) is 2.40. The van der Waals surface area contributed by atoms with Gasteiger partial charge in [0.2, 0.25) is 0 Å². The summed E-state index contributed by atoms with van der Waals surface area (Å²) in [5.41, 5.74) is 6.68. The van der Waals surface area contributed by atoms with Gasteiger partial charge in [0.1, 0.15) is 12.4 Å². The molecule has 0 bridgehead atoms. The Bertz CT molecular complexity index is 298. The van der Waals surface area contributed by atoms with Crippen molar-refractivity contribution in [3.63, 3.8) is 0 Å². The van der Waals surface area contributed by atoms with E-state index in [4.69, 9.17) is 10.5 Å². The summed E-state index contributed by atoms with van der Waals surface area (Å²) in [6.07, 6.45) is 1.19. The molecule has 0 aliphatic heterocycles. The van der Waals surface area contributed by atoms with E-state index < -0.39 is 0 Å². The van der Waals surface area contributed by atoms with Gasteiger partial charge in [-0.1, -0.05) is 26.0 Å². The fraction of sp³-hybridized carbons (Fsp3) is 0.571. The van der Waals surface area contributed by atoms with Crippen LogP contribution in [0.5, 0.6) is 5.75 Å². The molecule has 0 radical (unpaired) electrons. The Morgan fingerprint density at radius 3 is 2.35 bits per heavy atom. The van der Waals surface area contributed by atoms with Crippen LogP contribution in [-0.4, -0.2) is 31.1 Å². The van der Waals surface area contributed by atoms with E-state index in [1.54, 1.807) is 0 Å². The van der Waals surface area contributed by atoms with Crippen molar-refractivity contribution in [3.8, 4) is 5.75 Å². The van der Waals surface area contributed by atoms with Crippen molar-refractivity contribution in [1.82, 2.24) is 4.90 Å². The molecular weight excluding hydrogens is 212 g/mol. The summed E-state index contributed by atoms with van der Waals surface area (Å²) < 4.78 is 5.70. The average Bonchev–Trinajstić information content (AvgIpc) is 2.38. The molecule has 0 aromatic heterocycles. The van der Waals surface area contributed by atoms with Crippen LogP contribution in [-0.2, 0) is 6.54 Å². The number of nitrogens with zero attached hydrogens (tertiary/aromatic N) is 1. The molecule has 0 amide bonds. The molecule has 0 atom stereocenters. The molecule has 0 heterocycles. The van der Waals surface area contributed by atoms with Crippen molar-refractivity contribution in [2.75, 3.05) is 26.2 Å². The Kier molecular flexibility index (Phi) is 6.67. The lowest BCUT2D eigenvalue weighted by Crippen LogP contribution is -2.28. The van der Waals surface area contributed by atoms with Gasteiger partial charge in [-0.05, 0) is 37.2 Å². The van der Waals surface area contributed by atoms with E-state index in [1.165, 1.54) is 6.42 Å². The fourth-order valence-electron chi connectivity index (χ4n) is 1.76. The summed E-state index contributed by atoms with van der Waals surface area (Å²) in [7, 11) is 0. The van der Waals surface area contributed by atoms with Gasteiger partial charge >= 0.3 is 0 Å². The second-order valence-corrected chi connectivity index (χ2v) is 4.13. The van der Waals surface area contributed by atoms with Crippen LogP contribution in [0.3, 0.4) is 0 Å². The first-order chi connectivity index (χ1) is 8.30. The van der Waals surface area contributed by atoms with Gasteiger partial charge in [0.05, 0.1) is 0 Å². The van der Waals surface area contributed by atoms with Gasteiger partial charge in [0.25, 0.3) is 0 Å². The zero-order valence-electron chi connectivity index (χ0n) is 11.0. The summed E-state index contributed by atoms with van der Waals surface area (Å²) in [5.74, 6) is 0.926. The SMILES string of the molecule is CCCN(CC)CCOc1ccc(CN)cc1. The zero-order valence-corrected chi connectivity index (χ0v) is 11.0. The summed E-state index contributed by atoms with van der Waals surface area (Å²) >= 11 is 0. The van der Waals surface area contributed by atoms with E-state index in [1.807, 2.05) is 24.3 Å². The number of ether oxygens (including phenoxy) is 1. The smallest absolute Gasteiger partial charge is 0.119 e. The van der Waals surface area contributed by atoms with E-state index >= 15 is 0 Å². The van der Waals surface area contributed by atoms with Crippen LogP contribution in [0.2, 0.25) is 0 Å². The first-order valence-electron chi connectivity index (χ1n) is 6.44. The molecule has 1 aromatic rings. The lowest BCUT2D eigenvalue weighted by Gasteiger charge is -2.19. The van der Waals surface area contributed by atoms with E-state index in [0.29, 0.717) is 6.54 Å². The Morgan fingerprint density at radius 1 is 1.12 bits per heavy atom. The number of benzene rings is 1. The van der Waals surface area contributed by atoms with E-state index in [0.717, 1.165) is 37.6 Å². The predicted molar refractivity (Wildman–Crippen MR) is 72.2 cm³/mol. The highest BCUT2D eigenvalue weighted by atomic mass is 16.5. The van der Waals surface area contributed by atoms with Gasteiger partial charge in [-0.25, -0.2) is 0 Å². The summed E-state index contributed by atoms with van der Waals surface area (Å²) in [6, 6.07) is 7.99. The minimum absolute atomic E-state index is 0.584. The van der Waals surface area contributed by atoms with Crippen LogP contribution in [0.4, 0.5) is 0 Å². The second-order valence-electron chi connectivity index (χ2n) is 4.13. The third-order valence-corrected chi connectivity index (χ3v) is 2.82. The molecule has 96 valence electrons. The molecule has 0 aliphatic rings. The van der Waals surface area contributed by atoms with Crippen molar-refractivity contribution in [1.29, 1.82) is 0 Å². The van der Waals surface area contributed by atoms with Gasteiger partial charge in [-0.2, -0.15) is 0 Å². The maximum absolute atomic E-state index is 5.70. The average molecular weight is 236 g/mol. The molecule has 0 saturated carbocycles. The second kappa shape index (κ2) is 8.09. The van der Waals surface area contributed by atoms with Gasteiger partial charge in [-0.3, -0.25) is 0 Å². The molecular formula is C14H24N2O. The van der Waals surface area contributed by atoms with Crippen molar-refractivity contribution >= 4 is 0 Å². The fourth-order valence-corrected chi connectivity index (χ4v) is 1.76. The maximum atomic E-state index is 5.70. The van der Waals surface area contributed by atoms with E-state index in [2.05, 4.69) is 18.7 Å². The quantitative estimate of drug-likeness (QED) is 0.752. The van der Waals surface area contributed by atoms with Crippen LogP contribution in [0, 0.1) is 0 Å². The molecule has 1 aromatic carbocycles. The molecule has 0 unspecified atom stereocenters. The zero-order chi connectivity index (χ0) is 12.5. The Morgan fingerprint density at radius 2 is 1.82 bits per heavy atom. The number of likely N-dealkylation sites (N-methyl/N-ethyl adjacent to an activating group) is 1. The lowest BCUT2D eigenvalue weighted by atomic mass is 10.2. The predicted octanol–water partition coefficient (Wildman–Crippen LogP) is 2.26. The number of rotatable bonds is 8. The van der Waals surface area contributed by atoms with Crippen molar-refractivity contribution in [2.24, 2.45) is 5.73 Å². The highest BCUT2D eigenvalue weighted by Gasteiger charge is 2.01. The first-order valence-corrected chi connectivity index (χ1v) is 6.44. The monoisotopic (exact) mass is 236 g/mol. The molecule has 2 N–H and O–H groups in total. The van der Waals surface area contributed by atoms with Crippen LogP contribution >= 0.6 is 0 Å². The van der Waals surface area contributed by atoms with Crippen LogP contribution in [0.25, 0.3) is 0 Å². The summed E-state index contributed by atoms with van der Waals surface area (Å²) in [5, 5.41) is 0. The Hall–Kier alpha value is -1.06. The standard InChI is InChI=1S/C14H24N2O/c1-3-9-16(4-2)10-11-17-14-7-5-13(12-15)6-8-14/h5-8H,3-4,9-12,15H2,1-2H3. The number of hydrogen-bond acceptors (Lipinski definition) is 3. The molecule has 3 heteroatoms. The minimum Gasteiger partial charge on any atom is -0.492 e. The van der Waals surface area contributed by atoms with Crippen LogP contribution in [0.15, 0.2) is 24.3 Å². The molecule has 1 rings (SSSR count). The van der Waals surface area contributed by atoms with Crippen molar-refractivity contribution < 1.29 is 4.74 Å². The molecule has 0 fully saturated rings. The molecule has 3 nitrogen and oxygen atoms in total. The number of nitrogens with two attached hydrogens (primary N) is 1. The largest absolute Gasteiger partial charge is 0.492 e. The summed E-state index contributed by atoms with van der Waals surface area (Å²) in [6.45, 7) is 8.94. The van der Waals surface area contributed by atoms with Gasteiger partial charge in [-0.15, -0.1) is 0 Å². The van der Waals surface area contributed by atoms with Crippen molar-refractivity contribution in [2.45, 2.75) is 26.8 Å². The Balaban J connectivity index is 2.29. The van der Waals surface area contributed by atoms with Gasteiger partial charge in [0, 0.05) is 13.1 Å². The molecule has 0 spiro atoms.